The molecule has 0 bridgehead atoms. The molecule has 0 amide bonds. The van der Waals surface area contributed by atoms with E-state index in [2.05, 4.69) is 90.0 Å². The molecule has 9 unspecified atom stereocenters. The second-order valence-electron chi connectivity index (χ2n) is 26.6. The lowest BCUT2D eigenvalue weighted by Crippen LogP contribution is -2.21. The van der Waals surface area contributed by atoms with Crippen molar-refractivity contribution < 1.29 is 48.0 Å². The van der Waals surface area contributed by atoms with Gasteiger partial charge in [0.15, 0.2) is 11.9 Å². The van der Waals surface area contributed by atoms with E-state index in [1.54, 1.807) is 0 Å². The maximum Gasteiger partial charge on any atom is 0.378 e. The van der Waals surface area contributed by atoms with Gasteiger partial charge in [0, 0.05) is 32.1 Å². The Morgan fingerprint density at radius 3 is 0.974 bits per heavy atom. The molecule has 1 heterocycles. The summed E-state index contributed by atoms with van der Waals surface area (Å²) in [5.41, 5.74) is 0. The normalized spacial score (nSPS) is 16.6. The minimum Gasteiger partial charge on any atom is -0.481 e. The average molecular weight is 1110 g/mol. The van der Waals surface area contributed by atoms with Gasteiger partial charge < -0.3 is 24.1 Å². The standard InChI is InChI=1S/C51H92O8.C15H30O2.C2H6/c1-36(2)19-13-22-39(7)25-16-28-42(10)33-46(52)56-32-31-45-49(58-47(53)34-43(11)29-17-26-40(8)23-14-20-37(3)4)50(51(55)57-45)59-48(54)35-44(12)30-18-27-41(9)24-15-21-38(5)6;1-12(2)7-5-8-13(3)9-6-10-14(4)11-15(16)17;1-2/h36-45H,13-35H2,1-12H3;12-14H,5-11H2,1-4H3,(H,16,17);1-2H3. The lowest BCUT2D eigenvalue weighted by atomic mass is 9.92. The molecule has 0 radical (unpaired) electrons. The van der Waals surface area contributed by atoms with Gasteiger partial charge >= 0.3 is 29.8 Å². The summed E-state index contributed by atoms with van der Waals surface area (Å²) < 4.78 is 22.6. The highest BCUT2D eigenvalue weighted by molar-refractivity contribution is 5.93. The molecule has 1 rings (SSSR count). The lowest BCUT2D eigenvalue weighted by Gasteiger charge is -2.17. The van der Waals surface area contributed by atoms with Crippen LogP contribution in [0.2, 0.25) is 0 Å². The molecule has 10 heteroatoms. The van der Waals surface area contributed by atoms with Crippen LogP contribution in [-0.4, -0.2) is 47.7 Å². The Morgan fingerprint density at radius 1 is 0.397 bits per heavy atom. The summed E-state index contributed by atoms with van der Waals surface area (Å²) in [5.74, 6) is 3.19. The number of cyclic esters (lactones) is 1. The molecule has 1 aliphatic rings. The molecule has 460 valence electrons. The second-order valence-corrected chi connectivity index (χ2v) is 26.6. The SMILES string of the molecule is CC.CC(C)CCCC(C)CCCC(C)CC(=O)O.CC(C)CCCC(C)CCCC(C)CC(=O)OCCC1OC(=O)C(OC(=O)CC(C)CCCC(C)CCCC(C)C)=C1OC(=O)CC(C)CCCC(C)CCCC(C)C. The molecular formula is C68H128O10. The van der Waals surface area contributed by atoms with Crippen molar-refractivity contribution >= 4 is 29.8 Å². The number of carboxylic acids is 1. The number of ether oxygens (including phenoxy) is 4. The lowest BCUT2D eigenvalue weighted by molar-refractivity contribution is -0.152. The molecule has 1 N–H and O–H groups in total. The molecule has 0 saturated carbocycles. The maximum atomic E-state index is 13.3. The van der Waals surface area contributed by atoms with Crippen molar-refractivity contribution in [2.24, 2.45) is 71.0 Å². The number of aliphatic carboxylic acids is 1. The van der Waals surface area contributed by atoms with Crippen molar-refractivity contribution in [2.75, 3.05) is 6.61 Å². The second kappa shape index (κ2) is 47.7. The Morgan fingerprint density at radius 2 is 0.667 bits per heavy atom. The van der Waals surface area contributed by atoms with Crippen LogP contribution in [0, 0.1) is 71.0 Å². The van der Waals surface area contributed by atoms with Crippen LogP contribution in [0.5, 0.6) is 0 Å². The fourth-order valence-electron chi connectivity index (χ4n) is 10.4. The van der Waals surface area contributed by atoms with Crippen molar-refractivity contribution in [3.63, 3.8) is 0 Å². The van der Waals surface area contributed by atoms with E-state index in [0.29, 0.717) is 36.5 Å². The van der Waals surface area contributed by atoms with Crippen LogP contribution in [0.3, 0.4) is 0 Å². The molecular weight excluding hydrogens is 977 g/mol. The van der Waals surface area contributed by atoms with E-state index in [1.165, 1.54) is 96.3 Å². The number of carbonyl (C=O) groups excluding carboxylic acids is 4. The van der Waals surface area contributed by atoms with Crippen molar-refractivity contribution in [2.45, 2.75) is 317 Å². The van der Waals surface area contributed by atoms with Crippen LogP contribution in [0.1, 0.15) is 311 Å². The molecule has 10 nitrogen and oxygen atoms in total. The van der Waals surface area contributed by atoms with Gasteiger partial charge in [-0.2, -0.15) is 0 Å². The zero-order valence-corrected chi connectivity index (χ0v) is 54.3. The van der Waals surface area contributed by atoms with Crippen molar-refractivity contribution in [1.29, 1.82) is 0 Å². The molecule has 0 aromatic rings. The maximum absolute atomic E-state index is 13.3. The van der Waals surface area contributed by atoms with Gasteiger partial charge in [0.1, 0.15) is 0 Å². The number of hydrogen-bond acceptors (Lipinski definition) is 9. The van der Waals surface area contributed by atoms with E-state index < -0.39 is 30.0 Å². The summed E-state index contributed by atoms with van der Waals surface area (Å²) in [6.07, 6.45) is 28.1. The highest BCUT2D eigenvalue weighted by Gasteiger charge is 2.40. The topological polar surface area (TPSA) is 143 Å². The van der Waals surface area contributed by atoms with Crippen LogP contribution in [-0.2, 0) is 42.9 Å². The summed E-state index contributed by atoms with van der Waals surface area (Å²) in [5, 5.41) is 8.66. The summed E-state index contributed by atoms with van der Waals surface area (Å²) in [6, 6.07) is 0. The molecule has 0 aliphatic carbocycles. The molecule has 0 aromatic carbocycles. The Hall–Kier alpha value is -2.91. The molecule has 0 aromatic heterocycles. The first-order valence-electron chi connectivity index (χ1n) is 32.5. The van der Waals surface area contributed by atoms with Gasteiger partial charge in [0.25, 0.3) is 5.76 Å². The number of esters is 4. The van der Waals surface area contributed by atoms with E-state index in [0.717, 1.165) is 87.4 Å². The molecule has 0 fully saturated rings. The van der Waals surface area contributed by atoms with E-state index in [-0.39, 0.29) is 61.1 Å². The first-order chi connectivity index (χ1) is 36.8. The predicted octanol–water partition coefficient (Wildman–Crippen LogP) is 19.9. The Labute approximate surface area is 482 Å². The monoisotopic (exact) mass is 1100 g/mol. The van der Waals surface area contributed by atoms with E-state index in [9.17, 15) is 24.0 Å². The Kier molecular flexibility index (Phi) is 47.2. The number of carbonyl (C=O) groups is 5. The highest BCUT2D eigenvalue weighted by atomic mass is 16.6. The molecule has 0 saturated heterocycles. The van der Waals surface area contributed by atoms with E-state index in [1.807, 2.05) is 34.6 Å². The van der Waals surface area contributed by atoms with Gasteiger partial charge in [-0.15, -0.1) is 0 Å². The molecule has 78 heavy (non-hydrogen) atoms. The summed E-state index contributed by atoms with van der Waals surface area (Å²) in [6.45, 7) is 39.5. The third-order valence-corrected chi connectivity index (χ3v) is 15.6. The quantitative estimate of drug-likeness (QED) is 0.0462. The minimum atomic E-state index is -0.992. The van der Waals surface area contributed by atoms with Crippen molar-refractivity contribution in [3.8, 4) is 0 Å². The first kappa shape index (κ1) is 77.2. The number of hydrogen-bond donors (Lipinski definition) is 1. The van der Waals surface area contributed by atoms with Gasteiger partial charge in [0.2, 0.25) is 0 Å². The van der Waals surface area contributed by atoms with Crippen LogP contribution in [0.25, 0.3) is 0 Å². The summed E-state index contributed by atoms with van der Waals surface area (Å²) in [7, 11) is 0. The van der Waals surface area contributed by atoms with Gasteiger partial charge in [0.05, 0.1) is 6.61 Å². The minimum absolute atomic E-state index is 0.0165. The van der Waals surface area contributed by atoms with Crippen LogP contribution >= 0.6 is 0 Å². The predicted molar refractivity (Wildman–Crippen MR) is 326 cm³/mol. The van der Waals surface area contributed by atoms with Gasteiger partial charge in [-0.25, -0.2) is 4.79 Å². The molecule has 9 atom stereocenters. The third kappa shape index (κ3) is 45.8. The fourth-order valence-corrected chi connectivity index (χ4v) is 10.4. The van der Waals surface area contributed by atoms with Crippen molar-refractivity contribution in [1.82, 2.24) is 0 Å². The Bertz CT molecular complexity index is 1560. The highest BCUT2D eigenvalue weighted by Crippen LogP contribution is 2.31. The van der Waals surface area contributed by atoms with Crippen molar-refractivity contribution in [3.05, 3.63) is 11.5 Å². The zero-order valence-electron chi connectivity index (χ0n) is 54.3. The summed E-state index contributed by atoms with van der Waals surface area (Å²) in [4.78, 5) is 62.9. The van der Waals surface area contributed by atoms with Crippen LogP contribution in [0.15, 0.2) is 11.5 Å². The molecule has 1 aliphatic heterocycles. The summed E-state index contributed by atoms with van der Waals surface area (Å²) >= 11 is 0. The van der Waals surface area contributed by atoms with E-state index in [4.69, 9.17) is 24.1 Å². The van der Waals surface area contributed by atoms with Crippen LogP contribution in [0.4, 0.5) is 0 Å². The zero-order chi connectivity index (χ0) is 59.6. The van der Waals surface area contributed by atoms with Crippen LogP contribution < -0.4 is 0 Å². The largest absolute Gasteiger partial charge is 0.481 e. The number of rotatable bonds is 45. The first-order valence-corrected chi connectivity index (χ1v) is 32.5. The van der Waals surface area contributed by atoms with Gasteiger partial charge in [-0.3, -0.25) is 19.2 Å². The molecule has 0 spiro atoms. The smallest absolute Gasteiger partial charge is 0.378 e. The van der Waals surface area contributed by atoms with Gasteiger partial charge in [-0.1, -0.05) is 279 Å². The third-order valence-electron chi connectivity index (χ3n) is 15.6. The van der Waals surface area contributed by atoms with E-state index >= 15 is 0 Å². The van der Waals surface area contributed by atoms with Gasteiger partial charge in [-0.05, 0) is 71.0 Å². The average Bonchev–Trinajstić information content (AvgIpc) is 3.60. The number of carboxylic acid groups (broad SMARTS) is 1. The fraction of sp³-hybridized carbons (Fsp3) is 0.897. The Balaban J connectivity index is 0.